The average Bonchev–Trinajstić information content (AvgIpc) is 3.48. The summed E-state index contributed by atoms with van der Waals surface area (Å²) in [4.78, 5) is 12.5. The minimum absolute atomic E-state index is 0.0847. The van der Waals surface area contributed by atoms with Gasteiger partial charge in [-0.3, -0.25) is 4.79 Å². The fourth-order valence-corrected chi connectivity index (χ4v) is 3.78. The van der Waals surface area contributed by atoms with E-state index in [0.29, 0.717) is 0 Å². The van der Waals surface area contributed by atoms with Gasteiger partial charge in [0.25, 0.3) is 0 Å². The summed E-state index contributed by atoms with van der Waals surface area (Å²) in [6.07, 6.45) is 3.24. The molecule has 0 radical (unpaired) electrons. The average molecular weight is 326 g/mol. The molecule has 3 heteroatoms. The highest BCUT2D eigenvalue weighted by atomic mass is 35.5. The Morgan fingerprint density at radius 2 is 1.78 bits per heavy atom. The Labute approximate surface area is 141 Å². The standard InChI is InChI=1S/C20H20ClNO/c21-18-9-5-4-8-15(18)16-12-17(16)19(23)22-13-20(10-11-20)14-6-2-1-3-7-14/h1-9,16-17H,10-13H2,(H,22,23). The maximum Gasteiger partial charge on any atom is 0.223 e. The summed E-state index contributed by atoms with van der Waals surface area (Å²) in [7, 11) is 0. The summed E-state index contributed by atoms with van der Waals surface area (Å²) in [5, 5.41) is 3.96. The largest absolute Gasteiger partial charge is 0.355 e. The van der Waals surface area contributed by atoms with Crippen molar-refractivity contribution in [2.45, 2.75) is 30.6 Å². The molecule has 0 heterocycles. The van der Waals surface area contributed by atoms with Crippen LogP contribution in [0, 0.1) is 5.92 Å². The van der Waals surface area contributed by atoms with Crippen LogP contribution in [0.4, 0.5) is 0 Å². The Morgan fingerprint density at radius 1 is 1.09 bits per heavy atom. The molecular formula is C20H20ClNO. The van der Waals surface area contributed by atoms with Gasteiger partial charge in [0, 0.05) is 22.9 Å². The van der Waals surface area contributed by atoms with Crippen molar-refractivity contribution in [2.75, 3.05) is 6.54 Å². The summed E-state index contributed by atoms with van der Waals surface area (Å²) in [6, 6.07) is 18.4. The van der Waals surface area contributed by atoms with Crippen molar-refractivity contribution in [3.8, 4) is 0 Å². The lowest BCUT2D eigenvalue weighted by molar-refractivity contribution is -0.122. The van der Waals surface area contributed by atoms with Crippen molar-refractivity contribution < 1.29 is 4.79 Å². The monoisotopic (exact) mass is 325 g/mol. The van der Waals surface area contributed by atoms with Gasteiger partial charge >= 0.3 is 0 Å². The lowest BCUT2D eigenvalue weighted by Gasteiger charge is -2.16. The van der Waals surface area contributed by atoms with Crippen LogP contribution in [0.5, 0.6) is 0 Å². The van der Waals surface area contributed by atoms with Gasteiger partial charge in [-0.05, 0) is 42.4 Å². The van der Waals surface area contributed by atoms with Crippen LogP contribution in [0.1, 0.15) is 36.3 Å². The number of benzene rings is 2. The zero-order chi connectivity index (χ0) is 15.9. The van der Waals surface area contributed by atoms with Gasteiger partial charge in [0.05, 0.1) is 0 Å². The van der Waals surface area contributed by atoms with E-state index in [-0.39, 0.29) is 23.2 Å². The quantitative estimate of drug-likeness (QED) is 0.873. The number of carbonyl (C=O) groups excluding carboxylic acids is 1. The van der Waals surface area contributed by atoms with E-state index in [1.165, 1.54) is 5.56 Å². The summed E-state index contributed by atoms with van der Waals surface area (Å²) in [6.45, 7) is 0.752. The molecule has 0 spiro atoms. The van der Waals surface area contributed by atoms with E-state index in [2.05, 4.69) is 29.6 Å². The molecule has 2 atom stereocenters. The van der Waals surface area contributed by atoms with E-state index < -0.39 is 0 Å². The molecule has 2 unspecified atom stereocenters. The third kappa shape index (κ3) is 2.88. The molecule has 0 saturated heterocycles. The SMILES string of the molecule is O=C(NCC1(c2ccccc2)CC1)C1CC1c1ccccc1Cl. The Kier molecular flexibility index (Phi) is 3.65. The summed E-state index contributed by atoms with van der Waals surface area (Å²) in [5.74, 6) is 0.550. The molecule has 2 fully saturated rings. The third-order valence-corrected chi connectivity index (χ3v) is 5.62. The van der Waals surface area contributed by atoms with E-state index in [4.69, 9.17) is 11.6 Å². The number of hydrogen-bond donors (Lipinski definition) is 1. The predicted molar refractivity (Wildman–Crippen MR) is 92.7 cm³/mol. The number of hydrogen-bond acceptors (Lipinski definition) is 1. The van der Waals surface area contributed by atoms with Gasteiger partial charge in [0.2, 0.25) is 5.91 Å². The number of carbonyl (C=O) groups is 1. The van der Waals surface area contributed by atoms with Gasteiger partial charge in [-0.1, -0.05) is 60.1 Å². The van der Waals surface area contributed by atoms with Crippen LogP contribution < -0.4 is 5.32 Å². The van der Waals surface area contributed by atoms with Gasteiger partial charge in [-0.15, -0.1) is 0 Å². The van der Waals surface area contributed by atoms with Crippen molar-refractivity contribution in [1.82, 2.24) is 5.32 Å². The lowest BCUT2D eigenvalue weighted by atomic mass is 9.96. The lowest BCUT2D eigenvalue weighted by Crippen LogP contribution is -2.33. The third-order valence-electron chi connectivity index (χ3n) is 5.27. The number of nitrogens with one attached hydrogen (secondary N) is 1. The number of rotatable bonds is 5. The first-order valence-corrected chi connectivity index (χ1v) is 8.65. The molecule has 0 aromatic heterocycles. The highest BCUT2D eigenvalue weighted by molar-refractivity contribution is 6.31. The molecule has 2 saturated carbocycles. The highest BCUT2D eigenvalue weighted by Gasteiger charge is 2.48. The topological polar surface area (TPSA) is 29.1 Å². The Balaban J connectivity index is 1.36. The molecule has 1 amide bonds. The van der Waals surface area contributed by atoms with Crippen LogP contribution in [0.2, 0.25) is 5.02 Å². The molecule has 0 aliphatic heterocycles. The molecule has 2 aliphatic rings. The van der Waals surface area contributed by atoms with E-state index in [9.17, 15) is 4.79 Å². The number of amides is 1. The first-order valence-electron chi connectivity index (χ1n) is 8.27. The molecule has 118 valence electrons. The smallest absolute Gasteiger partial charge is 0.223 e. The summed E-state index contributed by atoms with van der Waals surface area (Å²) in [5.41, 5.74) is 2.63. The second-order valence-electron chi connectivity index (χ2n) is 6.83. The van der Waals surface area contributed by atoms with Gasteiger partial charge in [-0.25, -0.2) is 0 Å². The molecule has 2 aromatic rings. The summed E-state index contributed by atoms with van der Waals surface area (Å²) >= 11 is 6.24. The highest BCUT2D eigenvalue weighted by Crippen LogP contribution is 2.51. The maximum absolute atomic E-state index is 12.5. The molecule has 0 bridgehead atoms. The van der Waals surface area contributed by atoms with E-state index in [0.717, 1.165) is 36.4 Å². The van der Waals surface area contributed by atoms with Gasteiger partial charge < -0.3 is 5.32 Å². The van der Waals surface area contributed by atoms with Crippen LogP contribution >= 0.6 is 11.6 Å². The fraction of sp³-hybridized carbons (Fsp3) is 0.350. The molecule has 2 aliphatic carbocycles. The summed E-state index contributed by atoms with van der Waals surface area (Å²) < 4.78 is 0. The van der Waals surface area contributed by atoms with Crippen molar-refractivity contribution in [3.05, 3.63) is 70.7 Å². The van der Waals surface area contributed by atoms with Crippen molar-refractivity contribution >= 4 is 17.5 Å². The zero-order valence-electron chi connectivity index (χ0n) is 13.0. The van der Waals surface area contributed by atoms with Crippen LogP contribution in [-0.2, 0) is 10.2 Å². The molecular weight excluding hydrogens is 306 g/mol. The molecule has 2 aromatic carbocycles. The Morgan fingerprint density at radius 3 is 2.48 bits per heavy atom. The van der Waals surface area contributed by atoms with Crippen LogP contribution in [-0.4, -0.2) is 12.5 Å². The molecule has 23 heavy (non-hydrogen) atoms. The van der Waals surface area contributed by atoms with E-state index in [1.54, 1.807) is 0 Å². The van der Waals surface area contributed by atoms with Gasteiger partial charge in [-0.2, -0.15) is 0 Å². The van der Waals surface area contributed by atoms with E-state index >= 15 is 0 Å². The molecule has 2 nitrogen and oxygen atoms in total. The van der Waals surface area contributed by atoms with Crippen LogP contribution in [0.3, 0.4) is 0 Å². The predicted octanol–water partition coefficient (Wildman–Crippen LogP) is 4.29. The molecule has 4 rings (SSSR count). The minimum atomic E-state index is 0.0847. The Bertz CT molecular complexity index is 723. The first-order chi connectivity index (χ1) is 11.2. The van der Waals surface area contributed by atoms with Crippen molar-refractivity contribution in [3.63, 3.8) is 0 Å². The Hall–Kier alpha value is -1.80. The molecule has 1 N–H and O–H groups in total. The normalized spacial score (nSPS) is 24.0. The fourth-order valence-electron chi connectivity index (χ4n) is 3.50. The first kappa shape index (κ1) is 14.8. The number of halogens is 1. The van der Waals surface area contributed by atoms with Crippen LogP contribution in [0.25, 0.3) is 0 Å². The minimum Gasteiger partial charge on any atom is -0.355 e. The van der Waals surface area contributed by atoms with Gasteiger partial charge in [0.15, 0.2) is 0 Å². The maximum atomic E-state index is 12.5. The van der Waals surface area contributed by atoms with Crippen molar-refractivity contribution in [2.24, 2.45) is 5.92 Å². The zero-order valence-corrected chi connectivity index (χ0v) is 13.7. The van der Waals surface area contributed by atoms with Gasteiger partial charge in [0.1, 0.15) is 0 Å². The van der Waals surface area contributed by atoms with E-state index in [1.807, 2.05) is 30.3 Å². The van der Waals surface area contributed by atoms with Crippen LogP contribution in [0.15, 0.2) is 54.6 Å². The van der Waals surface area contributed by atoms with Crippen molar-refractivity contribution in [1.29, 1.82) is 0 Å². The second kappa shape index (κ2) is 5.68. The second-order valence-corrected chi connectivity index (χ2v) is 7.24.